The highest BCUT2D eigenvalue weighted by Crippen LogP contribution is 2.37. The third-order valence-corrected chi connectivity index (χ3v) is 6.49. The Balaban J connectivity index is 1.48. The molecule has 6 rings (SSSR count). The van der Waals surface area contributed by atoms with Crippen LogP contribution in [0.3, 0.4) is 0 Å². The van der Waals surface area contributed by atoms with E-state index >= 15 is 0 Å². The second kappa shape index (κ2) is 8.27. The van der Waals surface area contributed by atoms with Gasteiger partial charge in [-0.05, 0) is 79.6 Å². The van der Waals surface area contributed by atoms with E-state index in [9.17, 15) is 9.18 Å². The summed E-state index contributed by atoms with van der Waals surface area (Å²) in [6.45, 7) is 3.97. The number of nitrogens with one attached hydrogen (secondary N) is 1. The molecule has 3 heterocycles. The molecule has 2 aromatic heterocycles. The number of aliphatic imine (C=N–C) groups is 1. The van der Waals surface area contributed by atoms with Crippen molar-refractivity contribution in [2.75, 3.05) is 5.32 Å². The van der Waals surface area contributed by atoms with Gasteiger partial charge in [0.1, 0.15) is 11.7 Å². The number of anilines is 1. The number of nitrogens with zero attached hydrogens (tertiary/aromatic N) is 5. The zero-order chi connectivity index (χ0) is 25.0. The van der Waals surface area contributed by atoms with Crippen LogP contribution in [0.15, 0.2) is 78.0 Å². The van der Waals surface area contributed by atoms with E-state index in [2.05, 4.69) is 15.4 Å². The Kier molecular flexibility index (Phi) is 5.03. The Morgan fingerprint density at radius 2 is 1.83 bits per heavy atom. The molecule has 1 aliphatic heterocycles. The number of hydrogen-bond donors (Lipinski definition) is 1. The van der Waals surface area contributed by atoms with Crippen LogP contribution in [0.25, 0.3) is 16.7 Å². The number of aromatic nitrogens is 4. The molecule has 36 heavy (non-hydrogen) atoms. The summed E-state index contributed by atoms with van der Waals surface area (Å²) in [5.74, 6) is -1.32. The predicted molar refractivity (Wildman–Crippen MR) is 138 cm³/mol. The normalized spacial score (nSPS) is 15.4. The lowest BCUT2D eigenvalue weighted by Crippen LogP contribution is -2.22. The average Bonchev–Trinajstić information content (AvgIpc) is 3.51. The van der Waals surface area contributed by atoms with Crippen LogP contribution in [0.1, 0.15) is 28.4 Å². The number of amides is 1. The molecule has 0 saturated heterocycles. The molecule has 3 aromatic carbocycles. The number of aryl methyl sites for hydroxylation is 3. The minimum Gasteiger partial charge on any atom is -0.334 e. The molecule has 1 aliphatic rings. The van der Waals surface area contributed by atoms with E-state index in [1.807, 2.05) is 78.7 Å². The number of carbonyl (C=O) groups excluding carboxylic acids is 1. The highest BCUT2D eigenvalue weighted by atomic mass is 19.1. The van der Waals surface area contributed by atoms with Crippen LogP contribution in [-0.2, 0) is 11.8 Å². The molecule has 178 valence electrons. The molecule has 1 amide bonds. The maximum atomic E-state index is 13.9. The van der Waals surface area contributed by atoms with Crippen molar-refractivity contribution in [1.29, 1.82) is 0 Å². The summed E-state index contributed by atoms with van der Waals surface area (Å²) in [6, 6.07) is 20.0. The minimum absolute atomic E-state index is 0.241. The lowest BCUT2D eigenvalue weighted by atomic mass is 9.90. The summed E-state index contributed by atoms with van der Waals surface area (Å²) in [5.41, 5.74) is 7.91. The van der Waals surface area contributed by atoms with E-state index in [-0.39, 0.29) is 5.91 Å². The van der Waals surface area contributed by atoms with Crippen molar-refractivity contribution in [2.24, 2.45) is 12.0 Å². The summed E-state index contributed by atoms with van der Waals surface area (Å²) < 4.78 is 17.7. The first-order valence-corrected chi connectivity index (χ1v) is 11.6. The van der Waals surface area contributed by atoms with Crippen molar-refractivity contribution in [3.05, 3.63) is 101 Å². The van der Waals surface area contributed by atoms with Crippen LogP contribution < -0.4 is 5.32 Å². The molecule has 5 aromatic rings. The second-order valence-electron chi connectivity index (χ2n) is 9.07. The molecular formula is C28H23FN6O. The van der Waals surface area contributed by atoms with Crippen molar-refractivity contribution in [3.63, 3.8) is 0 Å². The number of carbonyl (C=O) groups is 1. The zero-order valence-corrected chi connectivity index (χ0v) is 20.0. The fourth-order valence-electron chi connectivity index (χ4n) is 4.80. The number of halogens is 1. The van der Waals surface area contributed by atoms with Crippen LogP contribution in [0.5, 0.6) is 0 Å². The second-order valence-corrected chi connectivity index (χ2v) is 9.07. The molecule has 1 N–H and O–H groups in total. The van der Waals surface area contributed by atoms with Crippen molar-refractivity contribution in [3.8, 4) is 5.69 Å². The van der Waals surface area contributed by atoms with Crippen molar-refractivity contribution < 1.29 is 9.18 Å². The van der Waals surface area contributed by atoms with Crippen molar-refractivity contribution in [2.45, 2.75) is 19.8 Å². The Bertz CT molecular complexity index is 1680. The van der Waals surface area contributed by atoms with Crippen LogP contribution >= 0.6 is 0 Å². The Labute approximate surface area is 206 Å². The number of hydrogen-bond acceptors (Lipinski definition) is 4. The van der Waals surface area contributed by atoms with E-state index in [0.29, 0.717) is 22.6 Å². The zero-order valence-electron chi connectivity index (χ0n) is 20.0. The highest BCUT2D eigenvalue weighted by molar-refractivity contribution is 6.24. The van der Waals surface area contributed by atoms with Gasteiger partial charge in [0.25, 0.3) is 0 Å². The van der Waals surface area contributed by atoms with E-state index in [1.54, 1.807) is 12.4 Å². The van der Waals surface area contributed by atoms with Gasteiger partial charge in [-0.2, -0.15) is 5.10 Å². The summed E-state index contributed by atoms with van der Waals surface area (Å²) in [6.07, 6.45) is 1.75. The number of imidazole rings is 1. The van der Waals surface area contributed by atoms with Gasteiger partial charge in [-0.1, -0.05) is 12.1 Å². The van der Waals surface area contributed by atoms with E-state index in [1.165, 1.54) is 12.1 Å². The summed E-state index contributed by atoms with van der Waals surface area (Å²) in [5, 5.41) is 7.36. The first kappa shape index (κ1) is 21.9. The average molecular weight is 479 g/mol. The number of benzene rings is 3. The van der Waals surface area contributed by atoms with Gasteiger partial charge in [-0.15, -0.1) is 0 Å². The van der Waals surface area contributed by atoms with E-state index < -0.39 is 11.7 Å². The Hall–Kier alpha value is -4.59. The molecule has 0 aliphatic carbocycles. The van der Waals surface area contributed by atoms with Gasteiger partial charge < -0.3 is 9.88 Å². The van der Waals surface area contributed by atoms with Gasteiger partial charge in [-0.25, -0.2) is 14.1 Å². The topological polar surface area (TPSA) is 77.1 Å². The largest absolute Gasteiger partial charge is 0.334 e. The third-order valence-electron chi connectivity index (χ3n) is 6.49. The quantitative estimate of drug-likeness (QED) is 0.353. The Morgan fingerprint density at radius 1 is 1.03 bits per heavy atom. The van der Waals surface area contributed by atoms with E-state index in [4.69, 9.17) is 4.99 Å². The number of fused-ring (bicyclic) bond motifs is 2. The minimum atomic E-state index is -0.683. The van der Waals surface area contributed by atoms with Crippen molar-refractivity contribution >= 4 is 34.0 Å². The van der Waals surface area contributed by atoms with Gasteiger partial charge >= 0.3 is 0 Å². The van der Waals surface area contributed by atoms with Crippen molar-refractivity contribution in [1.82, 2.24) is 19.3 Å². The van der Waals surface area contributed by atoms with Gasteiger partial charge in [0.2, 0.25) is 5.91 Å². The van der Waals surface area contributed by atoms with Crippen LogP contribution in [0, 0.1) is 19.7 Å². The molecule has 7 nitrogen and oxygen atoms in total. The summed E-state index contributed by atoms with van der Waals surface area (Å²) >= 11 is 0. The molecule has 0 bridgehead atoms. The molecule has 0 radical (unpaired) electrons. The molecule has 0 spiro atoms. The molecule has 0 saturated carbocycles. The fraction of sp³-hybridized carbons (Fsp3) is 0.143. The lowest BCUT2D eigenvalue weighted by molar-refractivity contribution is -0.115. The Morgan fingerprint density at radius 3 is 2.58 bits per heavy atom. The molecule has 0 fully saturated rings. The summed E-state index contributed by atoms with van der Waals surface area (Å²) in [7, 11) is 1.93. The van der Waals surface area contributed by atoms with Crippen LogP contribution in [0.4, 0.5) is 15.8 Å². The van der Waals surface area contributed by atoms with Gasteiger partial charge in [0, 0.05) is 18.4 Å². The third kappa shape index (κ3) is 3.67. The maximum Gasteiger partial charge on any atom is 0.238 e. The molecule has 1 unspecified atom stereocenters. The standard InChI is InChI=1S/C28H23FN6O/c1-16-12-17(2)35(33-16)21-8-6-20(7-9-21)31-27(18-4-11-25-24(13-18)30-15-34(25)3)26-22-10-5-19(29)14-23(22)32-28(26)36/h4-15,26H,1-3H3,(H,32,36). The molecule has 1 atom stereocenters. The lowest BCUT2D eigenvalue weighted by Gasteiger charge is -2.14. The smallest absolute Gasteiger partial charge is 0.238 e. The first-order valence-electron chi connectivity index (χ1n) is 11.6. The fourth-order valence-corrected chi connectivity index (χ4v) is 4.80. The summed E-state index contributed by atoms with van der Waals surface area (Å²) in [4.78, 5) is 22.6. The van der Waals surface area contributed by atoms with Crippen LogP contribution in [0.2, 0.25) is 0 Å². The maximum absolute atomic E-state index is 13.9. The molecule has 8 heteroatoms. The SMILES string of the molecule is Cc1cc(C)n(-c2ccc(N=C(c3ccc4c(c3)ncn4C)C3C(=O)Nc4cc(F)ccc43)cc2)n1. The first-order chi connectivity index (χ1) is 17.4. The van der Waals surface area contributed by atoms with Crippen LogP contribution in [-0.4, -0.2) is 31.0 Å². The van der Waals surface area contributed by atoms with Gasteiger partial charge in [0.05, 0.1) is 40.1 Å². The highest BCUT2D eigenvalue weighted by Gasteiger charge is 2.35. The predicted octanol–water partition coefficient (Wildman–Crippen LogP) is 5.37. The van der Waals surface area contributed by atoms with E-state index in [0.717, 1.165) is 33.7 Å². The van der Waals surface area contributed by atoms with Gasteiger partial charge in [-0.3, -0.25) is 9.79 Å². The monoisotopic (exact) mass is 478 g/mol. The van der Waals surface area contributed by atoms with Gasteiger partial charge in [0.15, 0.2) is 0 Å². The number of rotatable bonds is 4. The molecular weight excluding hydrogens is 455 g/mol.